The maximum atomic E-state index is 11.7. The fourth-order valence-corrected chi connectivity index (χ4v) is 2.19. The lowest BCUT2D eigenvalue weighted by Crippen LogP contribution is -2.10. The number of thioether (sulfide) groups is 1. The maximum absolute atomic E-state index is 11.7. The molecule has 2 N–H and O–H groups in total. The molecule has 2 aromatic rings. The van der Waals surface area contributed by atoms with Crippen LogP contribution in [0.5, 0.6) is 11.5 Å². The molecule has 0 atom stereocenters. The zero-order chi connectivity index (χ0) is 15.1. The molecule has 2 rings (SSSR count). The summed E-state index contributed by atoms with van der Waals surface area (Å²) < 4.78 is 10.6. The van der Waals surface area contributed by atoms with Gasteiger partial charge >= 0.3 is 5.97 Å². The molecule has 0 bridgehead atoms. The average molecular weight is 304 g/mol. The predicted octanol–water partition coefficient (Wildman–Crippen LogP) is 2.76. The third-order valence-corrected chi connectivity index (χ3v) is 3.44. The van der Waals surface area contributed by atoms with Crippen molar-refractivity contribution in [2.45, 2.75) is 11.8 Å². The Kier molecular flexibility index (Phi) is 5.45. The lowest BCUT2D eigenvalue weighted by molar-refractivity contribution is -0.131. The number of anilines is 1. The molecule has 1 heterocycles. The van der Waals surface area contributed by atoms with E-state index in [1.807, 2.05) is 13.0 Å². The van der Waals surface area contributed by atoms with Crippen LogP contribution in [0.3, 0.4) is 0 Å². The molecule has 0 radical (unpaired) electrons. The summed E-state index contributed by atoms with van der Waals surface area (Å²) in [5.41, 5.74) is 5.50. The van der Waals surface area contributed by atoms with E-state index in [2.05, 4.69) is 4.98 Å². The van der Waals surface area contributed by atoms with Crippen molar-refractivity contribution in [2.24, 2.45) is 0 Å². The Morgan fingerprint density at radius 1 is 1.19 bits per heavy atom. The maximum Gasteiger partial charge on any atom is 0.321 e. The van der Waals surface area contributed by atoms with E-state index in [0.29, 0.717) is 18.2 Å². The van der Waals surface area contributed by atoms with Crippen molar-refractivity contribution >= 4 is 23.5 Å². The molecular weight excluding hydrogens is 288 g/mol. The molecule has 0 aliphatic heterocycles. The zero-order valence-corrected chi connectivity index (χ0v) is 12.4. The van der Waals surface area contributed by atoms with Gasteiger partial charge in [-0.2, -0.15) is 0 Å². The van der Waals surface area contributed by atoms with Gasteiger partial charge in [0.05, 0.1) is 12.4 Å². The first-order valence-corrected chi connectivity index (χ1v) is 7.44. The molecule has 5 nitrogen and oxygen atoms in total. The van der Waals surface area contributed by atoms with Gasteiger partial charge in [-0.3, -0.25) is 4.79 Å². The van der Waals surface area contributed by atoms with Gasteiger partial charge < -0.3 is 15.2 Å². The van der Waals surface area contributed by atoms with E-state index in [9.17, 15) is 4.79 Å². The van der Waals surface area contributed by atoms with Crippen LogP contribution in [0.1, 0.15) is 6.92 Å². The highest BCUT2D eigenvalue weighted by Crippen LogP contribution is 2.20. The smallest absolute Gasteiger partial charge is 0.321 e. The number of pyridine rings is 1. The summed E-state index contributed by atoms with van der Waals surface area (Å²) in [6.45, 7) is 2.52. The predicted molar refractivity (Wildman–Crippen MR) is 82.6 cm³/mol. The van der Waals surface area contributed by atoms with Gasteiger partial charge in [0.15, 0.2) is 0 Å². The Morgan fingerprint density at radius 3 is 2.52 bits per heavy atom. The second-order valence-corrected chi connectivity index (χ2v) is 5.13. The number of carbonyl (C=O) groups excluding carboxylic acids is 1. The van der Waals surface area contributed by atoms with Crippen molar-refractivity contribution in [3.63, 3.8) is 0 Å². The highest BCUT2D eigenvalue weighted by molar-refractivity contribution is 8.00. The SMILES string of the molecule is CCOc1ccc(OC(=O)CSc2ccc(N)nc2)cc1. The molecule has 0 fully saturated rings. The summed E-state index contributed by atoms with van der Waals surface area (Å²) in [4.78, 5) is 16.6. The molecule has 0 saturated carbocycles. The van der Waals surface area contributed by atoms with Gasteiger partial charge in [0.25, 0.3) is 0 Å². The van der Waals surface area contributed by atoms with Crippen molar-refractivity contribution in [2.75, 3.05) is 18.1 Å². The van der Waals surface area contributed by atoms with Gasteiger partial charge in [0.1, 0.15) is 17.3 Å². The Morgan fingerprint density at radius 2 is 1.90 bits per heavy atom. The fourth-order valence-electron chi connectivity index (χ4n) is 1.55. The number of rotatable bonds is 6. The Bertz CT molecular complexity index is 585. The van der Waals surface area contributed by atoms with Crippen LogP contribution in [0.2, 0.25) is 0 Å². The number of nitrogens with two attached hydrogens (primary N) is 1. The molecule has 21 heavy (non-hydrogen) atoms. The number of benzene rings is 1. The van der Waals surface area contributed by atoms with Crippen LogP contribution in [-0.2, 0) is 4.79 Å². The minimum absolute atomic E-state index is 0.207. The van der Waals surface area contributed by atoms with Crippen LogP contribution >= 0.6 is 11.8 Å². The lowest BCUT2D eigenvalue weighted by Gasteiger charge is -2.06. The van der Waals surface area contributed by atoms with Gasteiger partial charge in [-0.25, -0.2) is 4.98 Å². The van der Waals surface area contributed by atoms with Crippen molar-refractivity contribution in [3.8, 4) is 11.5 Å². The normalized spacial score (nSPS) is 10.1. The highest BCUT2D eigenvalue weighted by Gasteiger charge is 2.06. The molecule has 0 aliphatic carbocycles. The van der Waals surface area contributed by atoms with E-state index in [1.165, 1.54) is 11.8 Å². The quantitative estimate of drug-likeness (QED) is 0.502. The Hall–Kier alpha value is -2.21. The number of hydrogen-bond acceptors (Lipinski definition) is 6. The van der Waals surface area contributed by atoms with E-state index in [4.69, 9.17) is 15.2 Å². The van der Waals surface area contributed by atoms with E-state index < -0.39 is 0 Å². The van der Waals surface area contributed by atoms with Crippen LogP contribution in [0.15, 0.2) is 47.5 Å². The van der Waals surface area contributed by atoms with Crippen molar-refractivity contribution < 1.29 is 14.3 Å². The van der Waals surface area contributed by atoms with E-state index in [1.54, 1.807) is 36.5 Å². The lowest BCUT2D eigenvalue weighted by atomic mass is 10.3. The summed E-state index contributed by atoms with van der Waals surface area (Å²) in [6.07, 6.45) is 1.63. The summed E-state index contributed by atoms with van der Waals surface area (Å²) in [6, 6.07) is 10.5. The third-order valence-electron chi connectivity index (χ3n) is 2.48. The molecule has 0 amide bonds. The average Bonchev–Trinajstić information content (AvgIpc) is 2.49. The molecule has 6 heteroatoms. The monoisotopic (exact) mass is 304 g/mol. The van der Waals surface area contributed by atoms with Crippen molar-refractivity contribution in [3.05, 3.63) is 42.6 Å². The van der Waals surface area contributed by atoms with Gasteiger partial charge in [0, 0.05) is 11.1 Å². The van der Waals surface area contributed by atoms with Crippen LogP contribution in [0, 0.1) is 0 Å². The first kappa shape index (κ1) is 15.2. The number of esters is 1. The van der Waals surface area contributed by atoms with Gasteiger partial charge in [-0.05, 0) is 43.3 Å². The van der Waals surface area contributed by atoms with E-state index in [0.717, 1.165) is 10.6 Å². The topological polar surface area (TPSA) is 74.4 Å². The summed E-state index contributed by atoms with van der Waals surface area (Å²) >= 11 is 1.35. The number of nitrogen functional groups attached to an aromatic ring is 1. The van der Waals surface area contributed by atoms with Gasteiger partial charge in [-0.1, -0.05) is 0 Å². The van der Waals surface area contributed by atoms with Crippen molar-refractivity contribution in [1.82, 2.24) is 4.98 Å². The van der Waals surface area contributed by atoms with Gasteiger partial charge in [-0.15, -0.1) is 11.8 Å². The van der Waals surface area contributed by atoms with Gasteiger partial charge in [0.2, 0.25) is 0 Å². The fraction of sp³-hybridized carbons (Fsp3) is 0.200. The molecular formula is C15H16N2O3S. The number of aromatic nitrogens is 1. The summed E-state index contributed by atoms with van der Waals surface area (Å²) in [5.74, 6) is 1.59. The molecule has 0 spiro atoms. The minimum Gasteiger partial charge on any atom is -0.494 e. The summed E-state index contributed by atoms with van der Waals surface area (Å²) in [7, 11) is 0. The van der Waals surface area contributed by atoms with E-state index >= 15 is 0 Å². The first-order chi connectivity index (χ1) is 10.2. The number of nitrogens with zero attached hydrogens (tertiary/aromatic N) is 1. The molecule has 110 valence electrons. The molecule has 0 unspecified atom stereocenters. The first-order valence-electron chi connectivity index (χ1n) is 6.45. The zero-order valence-electron chi connectivity index (χ0n) is 11.6. The van der Waals surface area contributed by atoms with Crippen LogP contribution < -0.4 is 15.2 Å². The van der Waals surface area contributed by atoms with Crippen LogP contribution in [-0.4, -0.2) is 23.3 Å². The number of ether oxygens (including phenoxy) is 2. The van der Waals surface area contributed by atoms with Crippen LogP contribution in [0.25, 0.3) is 0 Å². The number of carbonyl (C=O) groups is 1. The standard InChI is InChI=1S/C15H16N2O3S/c1-2-19-11-3-5-12(6-4-11)20-15(18)10-21-13-7-8-14(16)17-9-13/h3-9H,2,10H2,1H3,(H2,16,17). The van der Waals surface area contributed by atoms with Crippen LogP contribution in [0.4, 0.5) is 5.82 Å². The molecule has 0 saturated heterocycles. The Labute approximate surface area is 127 Å². The number of hydrogen-bond donors (Lipinski definition) is 1. The second-order valence-electron chi connectivity index (χ2n) is 4.09. The molecule has 1 aromatic heterocycles. The second kappa shape index (κ2) is 7.54. The third kappa shape index (κ3) is 5.00. The Balaban J connectivity index is 1.82. The molecule has 0 aliphatic rings. The largest absolute Gasteiger partial charge is 0.494 e. The molecule has 1 aromatic carbocycles. The summed E-state index contributed by atoms with van der Waals surface area (Å²) in [5, 5.41) is 0. The van der Waals surface area contributed by atoms with E-state index in [-0.39, 0.29) is 11.7 Å². The highest BCUT2D eigenvalue weighted by atomic mass is 32.2. The minimum atomic E-state index is -0.319. The van der Waals surface area contributed by atoms with Crippen molar-refractivity contribution in [1.29, 1.82) is 0 Å².